The molecule has 1 N–H and O–H groups in total. The maximum atomic E-state index is 8.48. The van der Waals surface area contributed by atoms with Crippen LogP contribution in [0.2, 0.25) is 0 Å². The van der Waals surface area contributed by atoms with Crippen LogP contribution in [0.4, 0.5) is 0 Å². The molecule has 2 atom stereocenters. The van der Waals surface area contributed by atoms with Crippen molar-refractivity contribution in [2.24, 2.45) is 0 Å². The molecular formula is C7H9N3. The van der Waals surface area contributed by atoms with E-state index in [9.17, 15) is 0 Å². The van der Waals surface area contributed by atoms with E-state index in [1.54, 1.807) is 0 Å². The molecule has 1 rings (SSSR count). The summed E-state index contributed by atoms with van der Waals surface area (Å²) >= 11 is 0. The molecule has 3 heteroatoms. The van der Waals surface area contributed by atoms with Crippen molar-refractivity contribution in [3.8, 4) is 12.1 Å². The molecular weight excluding hydrogens is 126 g/mol. The van der Waals surface area contributed by atoms with Gasteiger partial charge < -0.3 is 0 Å². The van der Waals surface area contributed by atoms with Crippen molar-refractivity contribution in [3.05, 3.63) is 0 Å². The first-order chi connectivity index (χ1) is 4.86. The highest BCUT2D eigenvalue weighted by Gasteiger charge is 2.19. The standard InChI is InChI=1S/C7H9N3/c8-4-6-2-1-3-7(5-9)10-6/h6-7,10H,1-3H2/t6-,7+. The molecule has 0 unspecified atom stereocenters. The van der Waals surface area contributed by atoms with Gasteiger partial charge in [-0.05, 0) is 19.3 Å². The van der Waals surface area contributed by atoms with Crippen LogP contribution in [0.15, 0.2) is 0 Å². The van der Waals surface area contributed by atoms with Gasteiger partial charge in [-0.1, -0.05) is 0 Å². The Kier molecular flexibility index (Phi) is 2.25. The summed E-state index contributed by atoms with van der Waals surface area (Å²) in [6, 6.07) is 4.01. The van der Waals surface area contributed by atoms with Crippen LogP contribution >= 0.6 is 0 Å². The molecule has 1 aliphatic heterocycles. The maximum Gasteiger partial charge on any atom is 0.0962 e. The Labute approximate surface area is 60.3 Å². The van der Waals surface area contributed by atoms with Crippen molar-refractivity contribution >= 4 is 0 Å². The highest BCUT2D eigenvalue weighted by atomic mass is 15.0. The SMILES string of the molecule is N#C[C@@H]1CCC[C@H](C#N)N1. The average molecular weight is 135 g/mol. The number of nitrogens with zero attached hydrogens (tertiary/aromatic N) is 2. The van der Waals surface area contributed by atoms with E-state index in [0.29, 0.717) is 0 Å². The zero-order chi connectivity index (χ0) is 7.40. The normalized spacial score (nSPS) is 32.2. The van der Waals surface area contributed by atoms with Gasteiger partial charge in [0.2, 0.25) is 0 Å². The number of piperidine rings is 1. The van der Waals surface area contributed by atoms with Gasteiger partial charge in [0.25, 0.3) is 0 Å². The third kappa shape index (κ3) is 1.46. The summed E-state index contributed by atoms with van der Waals surface area (Å²) in [7, 11) is 0. The van der Waals surface area contributed by atoms with Crippen molar-refractivity contribution in [2.45, 2.75) is 31.3 Å². The molecule has 0 saturated carbocycles. The van der Waals surface area contributed by atoms with Crippen molar-refractivity contribution in [1.82, 2.24) is 5.32 Å². The second-order valence-corrected chi connectivity index (χ2v) is 2.46. The summed E-state index contributed by atoms with van der Waals surface area (Å²) in [6.07, 6.45) is 2.76. The molecule has 1 fully saturated rings. The van der Waals surface area contributed by atoms with Crippen LogP contribution in [-0.4, -0.2) is 12.1 Å². The van der Waals surface area contributed by atoms with E-state index in [4.69, 9.17) is 10.5 Å². The van der Waals surface area contributed by atoms with Crippen LogP contribution in [0.5, 0.6) is 0 Å². The molecule has 0 aromatic rings. The number of rotatable bonds is 0. The lowest BCUT2D eigenvalue weighted by Gasteiger charge is -2.21. The molecule has 0 radical (unpaired) electrons. The number of hydrogen-bond acceptors (Lipinski definition) is 3. The van der Waals surface area contributed by atoms with Crippen molar-refractivity contribution in [3.63, 3.8) is 0 Å². The quantitative estimate of drug-likeness (QED) is 0.527. The minimum atomic E-state index is -0.0987. The van der Waals surface area contributed by atoms with E-state index in [2.05, 4.69) is 17.5 Å². The summed E-state index contributed by atoms with van der Waals surface area (Å²) in [5.41, 5.74) is 0. The third-order valence-corrected chi connectivity index (χ3v) is 1.70. The highest BCUT2D eigenvalue weighted by Crippen LogP contribution is 2.10. The van der Waals surface area contributed by atoms with Gasteiger partial charge in [-0.15, -0.1) is 0 Å². The predicted molar refractivity (Wildman–Crippen MR) is 35.8 cm³/mol. The van der Waals surface area contributed by atoms with Crippen LogP contribution in [0.25, 0.3) is 0 Å². The fourth-order valence-electron chi connectivity index (χ4n) is 1.14. The zero-order valence-electron chi connectivity index (χ0n) is 5.67. The molecule has 0 aromatic heterocycles. The number of nitriles is 2. The molecule has 52 valence electrons. The van der Waals surface area contributed by atoms with Crippen LogP contribution in [0.1, 0.15) is 19.3 Å². The summed E-state index contributed by atoms with van der Waals surface area (Å²) < 4.78 is 0. The lowest BCUT2D eigenvalue weighted by atomic mass is 10.0. The van der Waals surface area contributed by atoms with Gasteiger partial charge in [0.05, 0.1) is 24.2 Å². The Morgan fingerprint density at radius 1 is 1.10 bits per heavy atom. The Morgan fingerprint density at radius 2 is 1.60 bits per heavy atom. The van der Waals surface area contributed by atoms with Crippen LogP contribution in [0, 0.1) is 22.7 Å². The molecule has 1 heterocycles. The van der Waals surface area contributed by atoms with E-state index in [0.717, 1.165) is 19.3 Å². The Morgan fingerprint density at radius 3 is 2.00 bits per heavy atom. The predicted octanol–water partition coefficient (Wildman–Crippen LogP) is 0.544. The molecule has 1 saturated heterocycles. The minimum Gasteiger partial charge on any atom is -0.287 e. The molecule has 0 amide bonds. The van der Waals surface area contributed by atoms with Gasteiger partial charge in [0.1, 0.15) is 0 Å². The average Bonchev–Trinajstić information content (AvgIpc) is 2.05. The number of hydrogen-bond donors (Lipinski definition) is 1. The smallest absolute Gasteiger partial charge is 0.0962 e. The van der Waals surface area contributed by atoms with Gasteiger partial charge in [-0.3, -0.25) is 5.32 Å². The van der Waals surface area contributed by atoms with Gasteiger partial charge in [-0.2, -0.15) is 10.5 Å². The monoisotopic (exact) mass is 135 g/mol. The molecule has 1 aliphatic rings. The minimum absolute atomic E-state index is 0.0987. The summed E-state index contributed by atoms with van der Waals surface area (Å²) in [5.74, 6) is 0. The first kappa shape index (κ1) is 7.05. The van der Waals surface area contributed by atoms with Crippen molar-refractivity contribution in [1.29, 1.82) is 10.5 Å². The van der Waals surface area contributed by atoms with E-state index in [-0.39, 0.29) is 12.1 Å². The fourth-order valence-corrected chi connectivity index (χ4v) is 1.14. The van der Waals surface area contributed by atoms with Crippen molar-refractivity contribution in [2.75, 3.05) is 0 Å². The lowest BCUT2D eigenvalue weighted by molar-refractivity contribution is 0.410. The molecule has 3 nitrogen and oxygen atoms in total. The Balaban J connectivity index is 2.43. The van der Waals surface area contributed by atoms with E-state index in [1.165, 1.54) is 0 Å². The van der Waals surface area contributed by atoms with Gasteiger partial charge >= 0.3 is 0 Å². The molecule has 0 aliphatic carbocycles. The van der Waals surface area contributed by atoms with E-state index in [1.807, 2.05) is 0 Å². The van der Waals surface area contributed by atoms with Crippen molar-refractivity contribution < 1.29 is 0 Å². The number of nitrogens with one attached hydrogen (secondary N) is 1. The van der Waals surface area contributed by atoms with Gasteiger partial charge in [0.15, 0.2) is 0 Å². The van der Waals surface area contributed by atoms with Gasteiger partial charge in [0, 0.05) is 0 Å². The molecule has 0 spiro atoms. The summed E-state index contributed by atoms with van der Waals surface area (Å²) in [6.45, 7) is 0. The van der Waals surface area contributed by atoms with Gasteiger partial charge in [-0.25, -0.2) is 0 Å². The van der Waals surface area contributed by atoms with E-state index < -0.39 is 0 Å². The second-order valence-electron chi connectivity index (χ2n) is 2.46. The maximum absolute atomic E-state index is 8.48. The molecule has 0 bridgehead atoms. The molecule has 0 aromatic carbocycles. The van der Waals surface area contributed by atoms with Crippen LogP contribution in [0.3, 0.4) is 0 Å². The Hall–Kier alpha value is -1.06. The second kappa shape index (κ2) is 3.20. The lowest BCUT2D eigenvalue weighted by Crippen LogP contribution is -2.40. The third-order valence-electron chi connectivity index (χ3n) is 1.70. The first-order valence-electron chi connectivity index (χ1n) is 3.42. The summed E-state index contributed by atoms with van der Waals surface area (Å²) in [5, 5.41) is 19.9. The van der Waals surface area contributed by atoms with E-state index >= 15 is 0 Å². The topological polar surface area (TPSA) is 59.6 Å². The summed E-state index contributed by atoms with van der Waals surface area (Å²) in [4.78, 5) is 0. The Bertz CT molecular complexity index is 166. The highest BCUT2D eigenvalue weighted by molar-refractivity contribution is 5.01. The largest absolute Gasteiger partial charge is 0.287 e. The van der Waals surface area contributed by atoms with Crippen LogP contribution < -0.4 is 5.32 Å². The zero-order valence-corrected chi connectivity index (χ0v) is 5.67. The first-order valence-corrected chi connectivity index (χ1v) is 3.42. The fraction of sp³-hybridized carbons (Fsp3) is 0.714. The molecule has 10 heavy (non-hydrogen) atoms. The van der Waals surface area contributed by atoms with Crippen LogP contribution in [-0.2, 0) is 0 Å².